The first kappa shape index (κ1) is 21.8. The maximum atomic E-state index is 12.7. The summed E-state index contributed by atoms with van der Waals surface area (Å²) in [7, 11) is -3.50. The molecule has 1 amide bonds. The molecule has 0 atom stereocenters. The Morgan fingerprint density at radius 1 is 1.13 bits per heavy atom. The topological polar surface area (TPSA) is 99.5 Å². The van der Waals surface area contributed by atoms with E-state index in [2.05, 4.69) is 18.3 Å². The zero-order valence-corrected chi connectivity index (χ0v) is 17.7. The minimum atomic E-state index is -3.50. The number of nitriles is 1. The molecule has 0 saturated carbocycles. The molecule has 0 radical (unpaired) electrons. The summed E-state index contributed by atoms with van der Waals surface area (Å²) >= 11 is 0. The molecule has 0 aliphatic carbocycles. The number of amides is 1. The fraction of sp³-hybridized carbons (Fsp3) is 0.364. The number of anilines is 1. The van der Waals surface area contributed by atoms with E-state index in [1.165, 1.54) is 16.4 Å². The summed E-state index contributed by atoms with van der Waals surface area (Å²) in [5.74, 6) is 0.636. The summed E-state index contributed by atoms with van der Waals surface area (Å²) < 4.78 is 32.5. The van der Waals surface area contributed by atoms with Crippen LogP contribution in [-0.2, 0) is 21.2 Å². The van der Waals surface area contributed by atoms with Crippen molar-refractivity contribution in [3.63, 3.8) is 0 Å². The van der Waals surface area contributed by atoms with Crippen LogP contribution in [0.1, 0.15) is 25.3 Å². The number of carbonyl (C=O) groups is 1. The second-order valence-electron chi connectivity index (χ2n) is 7.43. The molecule has 1 N–H and O–H groups in total. The lowest BCUT2D eigenvalue weighted by atomic mass is 10.0. The Morgan fingerprint density at radius 2 is 1.77 bits per heavy atom. The van der Waals surface area contributed by atoms with Crippen molar-refractivity contribution in [2.75, 3.05) is 25.0 Å². The van der Waals surface area contributed by atoms with Crippen molar-refractivity contribution in [3.8, 4) is 11.8 Å². The minimum Gasteiger partial charge on any atom is -0.484 e. The zero-order valence-electron chi connectivity index (χ0n) is 16.9. The van der Waals surface area contributed by atoms with Crippen LogP contribution in [0.2, 0.25) is 0 Å². The highest BCUT2D eigenvalue weighted by Crippen LogP contribution is 2.24. The second kappa shape index (κ2) is 9.74. The van der Waals surface area contributed by atoms with Crippen LogP contribution in [0.15, 0.2) is 53.4 Å². The van der Waals surface area contributed by atoms with Crippen molar-refractivity contribution in [3.05, 3.63) is 54.1 Å². The Balaban J connectivity index is 1.53. The van der Waals surface area contributed by atoms with Gasteiger partial charge in [-0.1, -0.05) is 19.1 Å². The lowest BCUT2D eigenvalue weighted by molar-refractivity contribution is -0.118. The highest BCUT2D eigenvalue weighted by atomic mass is 32.2. The van der Waals surface area contributed by atoms with Gasteiger partial charge < -0.3 is 10.1 Å². The van der Waals surface area contributed by atoms with E-state index in [9.17, 15) is 13.2 Å². The molecular weight excluding hydrogens is 402 g/mol. The first-order valence-electron chi connectivity index (χ1n) is 9.87. The van der Waals surface area contributed by atoms with Crippen LogP contribution in [0, 0.1) is 17.2 Å². The zero-order chi connectivity index (χ0) is 21.6. The third-order valence-corrected chi connectivity index (χ3v) is 7.01. The number of sulfonamides is 1. The Hall–Kier alpha value is -2.89. The molecule has 1 fully saturated rings. The average Bonchev–Trinajstić information content (AvgIpc) is 2.74. The Morgan fingerprint density at radius 3 is 2.37 bits per heavy atom. The van der Waals surface area contributed by atoms with Gasteiger partial charge in [0.2, 0.25) is 10.0 Å². The van der Waals surface area contributed by atoms with E-state index in [-0.39, 0.29) is 17.4 Å². The molecule has 1 aliphatic heterocycles. The van der Waals surface area contributed by atoms with Crippen LogP contribution in [0.25, 0.3) is 0 Å². The van der Waals surface area contributed by atoms with Gasteiger partial charge in [-0.15, -0.1) is 0 Å². The maximum absolute atomic E-state index is 12.7. The predicted molar refractivity (Wildman–Crippen MR) is 113 cm³/mol. The summed E-state index contributed by atoms with van der Waals surface area (Å²) in [6.45, 7) is 3.02. The number of piperidine rings is 1. The summed E-state index contributed by atoms with van der Waals surface area (Å²) in [6, 6.07) is 15.2. The quantitative estimate of drug-likeness (QED) is 0.732. The van der Waals surface area contributed by atoms with Crippen molar-refractivity contribution in [2.45, 2.75) is 31.1 Å². The number of hydrogen-bond donors (Lipinski definition) is 1. The SMILES string of the molecule is CC1CCN(S(=O)(=O)c2ccc(OCC(=O)Nc3ccc(CC#N)cc3)cc2)CC1. The van der Waals surface area contributed by atoms with Crippen LogP contribution >= 0.6 is 0 Å². The molecule has 2 aromatic carbocycles. The molecule has 0 aromatic heterocycles. The number of ether oxygens (including phenoxy) is 1. The van der Waals surface area contributed by atoms with Gasteiger partial charge in [0.1, 0.15) is 5.75 Å². The van der Waals surface area contributed by atoms with Crippen molar-refractivity contribution >= 4 is 21.6 Å². The summed E-state index contributed by atoms with van der Waals surface area (Å²) in [5, 5.41) is 11.4. The van der Waals surface area contributed by atoms with E-state index in [1.54, 1.807) is 36.4 Å². The summed E-state index contributed by atoms with van der Waals surface area (Å²) in [6.07, 6.45) is 2.06. The molecule has 2 aromatic rings. The Labute approximate surface area is 177 Å². The van der Waals surface area contributed by atoms with E-state index < -0.39 is 10.0 Å². The second-order valence-corrected chi connectivity index (χ2v) is 9.36. The monoisotopic (exact) mass is 427 g/mol. The van der Waals surface area contributed by atoms with Gasteiger partial charge in [-0.05, 0) is 60.7 Å². The molecule has 3 rings (SSSR count). The van der Waals surface area contributed by atoms with Crippen molar-refractivity contribution in [1.82, 2.24) is 4.31 Å². The highest BCUT2D eigenvalue weighted by Gasteiger charge is 2.27. The van der Waals surface area contributed by atoms with Gasteiger partial charge in [-0.25, -0.2) is 8.42 Å². The number of nitrogens with zero attached hydrogens (tertiary/aromatic N) is 2. The van der Waals surface area contributed by atoms with Gasteiger partial charge >= 0.3 is 0 Å². The number of rotatable bonds is 7. The smallest absolute Gasteiger partial charge is 0.262 e. The lowest BCUT2D eigenvalue weighted by Gasteiger charge is -2.29. The molecule has 1 heterocycles. The maximum Gasteiger partial charge on any atom is 0.262 e. The first-order chi connectivity index (χ1) is 14.4. The Kier molecular flexibility index (Phi) is 7.08. The van der Waals surface area contributed by atoms with Crippen LogP contribution in [-0.4, -0.2) is 38.3 Å². The number of benzene rings is 2. The fourth-order valence-electron chi connectivity index (χ4n) is 3.23. The largest absolute Gasteiger partial charge is 0.484 e. The first-order valence-corrected chi connectivity index (χ1v) is 11.3. The van der Waals surface area contributed by atoms with Crippen LogP contribution < -0.4 is 10.1 Å². The molecule has 1 saturated heterocycles. The number of carbonyl (C=O) groups excluding carboxylic acids is 1. The standard InChI is InChI=1S/C22H25N3O4S/c1-17-11-14-25(15-12-17)30(27,28)21-8-6-20(7-9-21)29-16-22(26)24-19-4-2-18(3-5-19)10-13-23/h2-9,17H,10-12,14-16H2,1H3,(H,24,26). The number of nitrogens with one attached hydrogen (secondary N) is 1. The molecular formula is C22H25N3O4S. The lowest BCUT2D eigenvalue weighted by Crippen LogP contribution is -2.37. The fourth-order valence-corrected chi connectivity index (χ4v) is 4.70. The van der Waals surface area contributed by atoms with E-state index in [1.807, 2.05) is 0 Å². The average molecular weight is 428 g/mol. The van der Waals surface area contributed by atoms with E-state index in [4.69, 9.17) is 10.00 Å². The molecule has 8 heteroatoms. The molecule has 0 unspecified atom stereocenters. The van der Waals surface area contributed by atoms with E-state index in [0.717, 1.165) is 18.4 Å². The normalized spacial score (nSPS) is 15.3. The van der Waals surface area contributed by atoms with E-state index in [0.29, 0.717) is 36.9 Å². The van der Waals surface area contributed by atoms with Crippen molar-refractivity contribution < 1.29 is 17.9 Å². The van der Waals surface area contributed by atoms with Gasteiger partial charge in [0.15, 0.2) is 6.61 Å². The molecule has 0 spiro atoms. The summed E-state index contributed by atoms with van der Waals surface area (Å²) in [5.41, 5.74) is 1.49. The summed E-state index contributed by atoms with van der Waals surface area (Å²) in [4.78, 5) is 12.3. The molecule has 158 valence electrons. The molecule has 1 aliphatic rings. The molecule has 7 nitrogen and oxygen atoms in total. The van der Waals surface area contributed by atoms with Crippen LogP contribution in [0.4, 0.5) is 5.69 Å². The van der Waals surface area contributed by atoms with Gasteiger partial charge in [0.05, 0.1) is 17.4 Å². The van der Waals surface area contributed by atoms with Gasteiger partial charge in [0, 0.05) is 18.8 Å². The van der Waals surface area contributed by atoms with Gasteiger partial charge in [-0.3, -0.25) is 4.79 Å². The van der Waals surface area contributed by atoms with Crippen LogP contribution in [0.5, 0.6) is 5.75 Å². The third kappa shape index (κ3) is 5.59. The molecule has 0 bridgehead atoms. The molecule has 30 heavy (non-hydrogen) atoms. The third-order valence-electron chi connectivity index (χ3n) is 5.09. The minimum absolute atomic E-state index is 0.198. The Bertz CT molecular complexity index is 1000. The van der Waals surface area contributed by atoms with Crippen molar-refractivity contribution in [1.29, 1.82) is 5.26 Å². The van der Waals surface area contributed by atoms with Crippen molar-refractivity contribution in [2.24, 2.45) is 5.92 Å². The highest BCUT2D eigenvalue weighted by molar-refractivity contribution is 7.89. The van der Waals surface area contributed by atoms with Gasteiger partial charge in [0.25, 0.3) is 5.91 Å². The van der Waals surface area contributed by atoms with Gasteiger partial charge in [-0.2, -0.15) is 9.57 Å². The van der Waals surface area contributed by atoms with Crippen LogP contribution in [0.3, 0.4) is 0 Å². The number of hydrogen-bond acceptors (Lipinski definition) is 5. The predicted octanol–water partition coefficient (Wildman–Crippen LogP) is 3.19. The van der Waals surface area contributed by atoms with E-state index >= 15 is 0 Å².